The zero-order valence-corrected chi connectivity index (χ0v) is 45.6. The Morgan fingerprint density at radius 3 is 1.62 bits per heavy atom. The van der Waals surface area contributed by atoms with Crippen LogP contribution in [0.4, 0.5) is 17.1 Å². The molecule has 15 rings (SSSR count). The lowest BCUT2D eigenvalue weighted by molar-refractivity contribution is 0.447. The minimum Gasteiger partial charge on any atom is -0.455 e. The monoisotopic (exact) mass is 1040 g/mol. The van der Waals surface area contributed by atoms with Gasteiger partial charge in [0.15, 0.2) is 0 Å². The van der Waals surface area contributed by atoms with Crippen LogP contribution >= 0.6 is 0 Å². The first-order valence-corrected chi connectivity index (χ1v) is 28.2. The van der Waals surface area contributed by atoms with Crippen molar-refractivity contribution in [3.05, 3.63) is 325 Å². The van der Waals surface area contributed by atoms with Crippen LogP contribution in [0.25, 0.3) is 82.8 Å². The third-order valence-corrected chi connectivity index (χ3v) is 17.6. The molecule has 12 aromatic rings. The zero-order chi connectivity index (χ0) is 54.4. The summed E-state index contributed by atoms with van der Waals surface area (Å²) in [6, 6.07) is 94.5. The van der Waals surface area contributed by atoms with Gasteiger partial charge in [-0.05, 0) is 155 Å². The van der Waals surface area contributed by atoms with Crippen molar-refractivity contribution in [2.45, 2.75) is 31.6 Å². The van der Waals surface area contributed by atoms with Gasteiger partial charge in [0.25, 0.3) is 0 Å². The molecule has 2 heteroatoms. The van der Waals surface area contributed by atoms with Crippen LogP contribution in [0.1, 0.15) is 59.7 Å². The van der Waals surface area contributed by atoms with E-state index in [1.165, 1.54) is 61.2 Å². The molecular weight excluding hydrogens is 979 g/mol. The van der Waals surface area contributed by atoms with Gasteiger partial charge in [0.1, 0.15) is 11.5 Å². The van der Waals surface area contributed by atoms with Gasteiger partial charge in [-0.2, -0.15) is 0 Å². The summed E-state index contributed by atoms with van der Waals surface area (Å²) in [5, 5.41) is 4.55. The Morgan fingerprint density at radius 2 is 0.926 bits per heavy atom. The van der Waals surface area contributed by atoms with Gasteiger partial charge in [-0.25, -0.2) is 0 Å². The van der Waals surface area contributed by atoms with E-state index in [1.807, 2.05) is 6.08 Å². The van der Waals surface area contributed by atoms with Crippen LogP contribution in [-0.2, 0) is 10.8 Å². The maximum absolute atomic E-state index is 7.25. The summed E-state index contributed by atoms with van der Waals surface area (Å²) >= 11 is 0. The number of benzene rings is 12. The van der Waals surface area contributed by atoms with Crippen LogP contribution in [0, 0.1) is 0 Å². The lowest BCUT2D eigenvalue weighted by atomic mass is 9.65. The van der Waals surface area contributed by atoms with Gasteiger partial charge >= 0.3 is 0 Å². The van der Waals surface area contributed by atoms with Crippen molar-refractivity contribution in [3.8, 4) is 67.1 Å². The lowest BCUT2D eigenvalue weighted by Gasteiger charge is -2.40. The molecule has 0 radical (unpaired) electrons. The average molecular weight is 1040 g/mol. The number of allylic oxidation sites excluding steroid dienone is 5. The Balaban J connectivity index is 0.866. The highest BCUT2D eigenvalue weighted by Crippen LogP contribution is 2.64. The summed E-state index contributed by atoms with van der Waals surface area (Å²) in [4.78, 5) is 2.45. The molecule has 384 valence electrons. The van der Waals surface area contributed by atoms with Crippen LogP contribution in [0.15, 0.2) is 286 Å². The fourth-order valence-electron chi connectivity index (χ4n) is 13.8. The first kappa shape index (κ1) is 48.1. The van der Waals surface area contributed by atoms with E-state index < -0.39 is 5.41 Å². The standard InChI is InChI=1S/C79H57NO/c1-5-19-51(20-6-2)59-45-60(52-21-8-7-9-22-52)48-63(47-59)80(62-40-42-68-66-29-14-16-31-70(66)78(3,4)74(68)50-62)61-26-18-25-57(46-61)53-33-35-54(36-34-53)58-37-41-69-67-30-15-17-32-71(67)79(75(69)49-58)72-43-38-55-23-10-12-27-64(55)76(72)81-77-65-28-13-11-24-56(65)39-44-73(77)79/h5-50H,1H2,2-4H3/b20-6-,51-19+. The highest BCUT2D eigenvalue weighted by molar-refractivity contribution is 6.00. The van der Waals surface area contributed by atoms with E-state index in [2.05, 4.69) is 305 Å². The molecule has 1 spiro atoms. The van der Waals surface area contributed by atoms with E-state index in [-0.39, 0.29) is 5.41 Å². The number of hydrogen-bond donors (Lipinski definition) is 0. The van der Waals surface area contributed by atoms with E-state index in [0.717, 1.165) is 89.1 Å². The number of nitrogens with zero attached hydrogens (tertiary/aromatic N) is 1. The van der Waals surface area contributed by atoms with Gasteiger partial charge in [-0.15, -0.1) is 0 Å². The smallest absolute Gasteiger partial charge is 0.140 e. The normalized spacial score (nSPS) is 14.0. The number of hydrogen-bond acceptors (Lipinski definition) is 2. The van der Waals surface area contributed by atoms with Gasteiger partial charge < -0.3 is 9.64 Å². The zero-order valence-electron chi connectivity index (χ0n) is 45.6. The van der Waals surface area contributed by atoms with E-state index in [9.17, 15) is 0 Å². The Morgan fingerprint density at radius 1 is 0.395 bits per heavy atom. The van der Waals surface area contributed by atoms with Crippen molar-refractivity contribution in [2.75, 3.05) is 4.90 Å². The van der Waals surface area contributed by atoms with Crippen LogP contribution in [0.2, 0.25) is 0 Å². The predicted octanol–water partition coefficient (Wildman–Crippen LogP) is 21.4. The molecule has 0 N–H and O–H groups in total. The fourth-order valence-corrected chi connectivity index (χ4v) is 13.8. The molecule has 0 unspecified atom stereocenters. The minimum absolute atomic E-state index is 0.174. The molecule has 0 saturated carbocycles. The van der Waals surface area contributed by atoms with Crippen molar-refractivity contribution in [1.29, 1.82) is 0 Å². The Hall–Kier alpha value is -10.0. The maximum atomic E-state index is 7.25. The van der Waals surface area contributed by atoms with Crippen LogP contribution in [0.5, 0.6) is 11.5 Å². The minimum atomic E-state index is -0.624. The molecule has 81 heavy (non-hydrogen) atoms. The molecule has 1 aliphatic heterocycles. The second-order valence-electron chi connectivity index (χ2n) is 22.3. The molecular formula is C79H57NO. The second-order valence-corrected chi connectivity index (χ2v) is 22.3. The summed E-state index contributed by atoms with van der Waals surface area (Å²) in [5.41, 5.74) is 24.2. The fraction of sp³-hybridized carbons (Fsp3) is 0.0633. The number of anilines is 3. The Labute approximate surface area is 474 Å². The van der Waals surface area contributed by atoms with Gasteiger partial charge in [-0.3, -0.25) is 0 Å². The van der Waals surface area contributed by atoms with E-state index in [0.29, 0.717) is 0 Å². The second kappa shape index (κ2) is 18.8. The molecule has 1 heterocycles. The summed E-state index contributed by atoms with van der Waals surface area (Å²) < 4.78 is 7.25. The summed E-state index contributed by atoms with van der Waals surface area (Å²) in [5.74, 6) is 1.85. The maximum Gasteiger partial charge on any atom is 0.140 e. The molecule has 12 aromatic carbocycles. The first-order valence-electron chi connectivity index (χ1n) is 28.2. The van der Waals surface area contributed by atoms with E-state index in [1.54, 1.807) is 0 Å². The van der Waals surface area contributed by atoms with Crippen LogP contribution < -0.4 is 9.64 Å². The molecule has 0 bridgehead atoms. The first-order chi connectivity index (χ1) is 39.8. The van der Waals surface area contributed by atoms with Crippen molar-refractivity contribution in [1.82, 2.24) is 0 Å². The van der Waals surface area contributed by atoms with Crippen LogP contribution in [-0.4, -0.2) is 0 Å². The molecule has 3 aliphatic rings. The third-order valence-electron chi connectivity index (χ3n) is 17.6. The molecule has 2 aliphatic carbocycles. The molecule has 0 aromatic heterocycles. The molecule has 0 atom stereocenters. The van der Waals surface area contributed by atoms with Crippen molar-refractivity contribution in [2.24, 2.45) is 0 Å². The summed E-state index contributed by atoms with van der Waals surface area (Å²) in [6.45, 7) is 10.9. The quantitative estimate of drug-likeness (QED) is 0.134. The molecule has 0 fully saturated rings. The Bertz CT molecular complexity index is 4520. The van der Waals surface area contributed by atoms with Crippen molar-refractivity contribution >= 4 is 44.2 Å². The molecule has 0 saturated heterocycles. The summed E-state index contributed by atoms with van der Waals surface area (Å²) in [6.07, 6.45) is 8.25. The van der Waals surface area contributed by atoms with Crippen LogP contribution in [0.3, 0.4) is 0 Å². The lowest BCUT2D eigenvalue weighted by Crippen LogP contribution is -2.32. The highest BCUT2D eigenvalue weighted by Gasteiger charge is 2.52. The number of rotatable bonds is 9. The molecule has 2 nitrogen and oxygen atoms in total. The molecule has 0 amide bonds. The van der Waals surface area contributed by atoms with Gasteiger partial charge in [-0.1, -0.05) is 251 Å². The van der Waals surface area contributed by atoms with Gasteiger partial charge in [0.05, 0.1) is 5.41 Å². The number of ether oxygens (including phenoxy) is 1. The van der Waals surface area contributed by atoms with Crippen molar-refractivity contribution < 1.29 is 4.74 Å². The van der Waals surface area contributed by atoms with Crippen molar-refractivity contribution in [3.63, 3.8) is 0 Å². The largest absolute Gasteiger partial charge is 0.455 e. The predicted molar refractivity (Wildman–Crippen MR) is 340 cm³/mol. The Kier molecular flexibility index (Phi) is 11.2. The highest BCUT2D eigenvalue weighted by atomic mass is 16.5. The average Bonchev–Trinajstić information content (AvgIpc) is 4.00. The topological polar surface area (TPSA) is 12.5 Å². The van der Waals surface area contributed by atoms with Gasteiger partial charge in [0.2, 0.25) is 0 Å². The summed E-state index contributed by atoms with van der Waals surface area (Å²) in [7, 11) is 0. The van der Waals surface area contributed by atoms with E-state index in [4.69, 9.17) is 4.74 Å². The van der Waals surface area contributed by atoms with E-state index >= 15 is 0 Å². The van der Waals surface area contributed by atoms with Gasteiger partial charge in [0, 0.05) is 44.4 Å². The number of fused-ring (bicyclic) bond motifs is 16. The third kappa shape index (κ3) is 7.48. The SMILES string of the molecule is C=C/C=C(\C=C/C)c1cc(-c2ccccc2)cc(N(c2cccc(-c3ccc(-c4ccc5c(c4)C4(c6ccccc6-5)c5ccc6ccccc6c5Oc5c4ccc4ccccc54)cc3)c2)c2ccc3c(c2)C(C)(C)c2ccccc2-3)c1.